The van der Waals surface area contributed by atoms with Gasteiger partial charge >= 0.3 is 5.63 Å². The van der Waals surface area contributed by atoms with Crippen LogP contribution in [0.1, 0.15) is 31.9 Å². The van der Waals surface area contributed by atoms with Crippen LogP contribution >= 0.6 is 0 Å². The molecule has 1 aromatic carbocycles. The van der Waals surface area contributed by atoms with Gasteiger partial charge in [0.25, 0.3) is 0 Å². The van der Waals surface area contributed by atoms with Crippen molar-refractivity contribution in [2.24, 2.45) is 0 Å². The molecule has 0 amide bonds. The highest BCUT2D eigenvalue weighted by molar-refractivity contribution is 5.82. The lowest BCUT2D eigenvalue weighted by molar-refractivity contribution is -0.928. The van der Waals surface area contributed by atoms with Gasteiger partial charge in [-0.05, 0) is 31.9 Å². The molecule has 1 aliphatic rings. The molecular formula is C18H24NO4+. The fraction of sp³-hybridized carbons (Fsp3) is 0.500. The van der Waals surface area contributed by atoms with Gasteiger partial charge in [0.05, 0.1) is 0 Å². The lowest BCUT2D eigenvalue weighted by Gasteiger charge is -2.32. The van der Waals surface area contributed by atoms with Crippen LogP contribution in [0.4, 0.5) is 0 Å². The molecule has 1 aliphatic heterocycles. The zero-order valence-electron chi connectivity index (χ0n) is 13.9. The molecule has 124 valence electrons. The molecule has 2 aromatic rings. The van der Waals surface area contributed by atoms with Crippen LogP contribution in [0.3, 0.4) is 0 Å². The molecule has 2 heterocycles. The third-order valence-electron chi connectivity index (χ3n) is 4.47. The number of nitrogens with one attached hydrogen (secondary N) is 1. The Bertz CT molecular complexity index is 757. The van der Waals surface area contributed by atoms with Gasteiger partial charge in [-0.2, -0.15) is 0 Å². The van der Waals surface area contributed by atoms with Crippen LogP contribution < -0.4 is 10.5 Å². The van der Waals surface area contributed by atoms with Gasteiger partial charge < -0.3 is 19.2 Å². The summed E-state index contributed by atoms with van der Waals surface area (Å²) >= 11 is 0. The molecule has 1 aromatic heterocycles. The number of fused-ring (bicyclic) bond motifs is 1. The van der Waals surface area contributed by atoms with Crippen molar-refractivity contribution in [1.29, 1.82) is 0 Å². The van der Waals surface area contributed by atoms with E-state index in [1.54, 1.807) is 12.1 Å². The smallest absolute Gasteiger partial charge is 0.336 e. The second-order valence-electron chi connectivity index (χ2n) is 6.51. The summed E-state index contributed by atoms with van der Waals surface area (Å²) in [5.41, 5.74) is 1.93. The number of rotatable bonds is 3. The summed E-state index contributed by atoms with van der Waals surface area (Å²) in [5.74, 6) is 0.182. The van der Waals surface area contributed by atoms with Crippen LogP contribution in [-0.2, 0) is 17.7 Å². The van der Waals surface area contributed by atoms with Gasteiger partial charge in [-0.15, -0.1) is 0 Å². The van der Waals surface area contributed by atoms with Crippen LogP contribution in [0.15, 0.2) is 27.4 Å². The van der Waals surface area contributed by atoms with Gasteiger partial charge in [-0.1, -0.05) is 6.92 Å². The molecule has 3 atom stereocenters. The molecule has 1 unspecified atom stereocenters. The summed E-state index contributed by atoms with van der Waals surface area (Å²) in [6.07, 6.45) is 1.17. The quantitative estimate of drug-likeness (QED) is 0.836. The maximum absolute atomic E-state index is 11.9. The zero-order valence-corrected chi connectivity index (χ0v) is 13.9. The van der Waals surface area contributed by atoms with Gasteiger partial charge in [-0.25, -0.2) is 4.79 Å². The molecule has 1 fully saturated rings. The van der Waals surface area contributed by atoms with Gasteiger partial charge in [0, 0.05) is 23.1 Å². The Morgan fingerprint density at radius 3 is 2.52 bits per heavy atom. The number of phenolic OH excluding ortho intramolecular Hbond substituents is 1. The lowest BCUT2D eigenvalue weighted by Crippen LogP contribution is -3.14. The summed E-state index contributed by atoms with van der Waals surface area (Å²) in [5, 5.41) is 10.9. The number of morpholine rings is 1. The molecule has 5 heteroatoms. The highest BCUT2D eigenvalue weighted by Crippen LogP contribution is 2.26. The summed E-state index contributed by atoms with van der Waals surface area (Å²) in [6, 6.07) is 5.07. The third kappa shape index (κ3) is 3.41. The van der Waals surface area contributed by atoms with E-state index < -0.39 is 0 Å². The molecule has 5 nitrogen and oxygen atoms in total. The van der Waals surface area contributed by atoms with Crippen molar-refractivity contribution in [3.8, 4) is 5.75 Å². The van der Waals surface area contributed by atoms with Crippen molar-refractivity contribution in [1.82, 2.24) is 0 Å². The van der Waals surface area contributed by atoms with Gasteiger partial charge in [-0.3, -0.25) is 0 Å². The lowest BCUT2D eigenvalue weighted by atomic mass is 10.0. The van der Waals surface area contributed by atoms with Crippen LogP contribution in [0.5, 0.6) is 5.75 Å². The van der Waals surface area contributed by atoms with Crippen molar-refractivity contribution in [3.63, 3.8) is 0 Å². The minimum Gasteiger partial charge on any atom is -0.508 e. The first-order valence-electron chi connectivity index (χ1n) is 8.24. The number of hydrogen-bond acceptors (Lipinski definition) is 4. The standard InChI is InChI=1S/C18H23NO4/c1-4-13-5-15-14(6-18(21)23-17(15)7-16(13)20)10-19-8-11(2)22-12(3)9-19/h5-7,11-12,20H,4,8-10H2,1-3H3/p+1/t11-,12+. The predicted octanol–water partition coefficient (Wildman–Crippen LogP) is 1.25. The Labute approximate surface area is 135 Å². The average Bonchev–Trinajstić information content (AvgIpc) is 2.45. The van der Waals surface area contributed by atoms with Gasteiger partial charge in [0.15, 0.2) is 0 Å². The van der Waals surface area contributed by atoms with Gasteiger partial charge in [0.1, 0.15) is 43.2 Å². The largest absolute Gasteiger partial charge is 0.508 e. The Morgan fingerprint density at radius 2 is 1.87 bits per heavy atom. The molecule has 0 spiro atoms. The van der Waals surface area contributed by atoms with Gasteiger partial charge in [0.2, 0.25) is 0 Å². The fourth-order valence-corrected chi connectivity index (χ4v) is 3.54. The first-order valence-corrected chi connectivity index (χ1v) is 8.24. The third-order valence-corrected chi connectivity index (χ3v) is 4.47. The van der Waals surface area contributed by atoms with Crippen LogP contribution in [0, 0.1) is 0 Å². The van der Waals surface area contributed by atoms with E-state index in [0.717, 1.165) is 42.6 Å². The number of benzene rings is 1. The summed E-state index contributed by atoms with van der Waals surface area (Å²) < 4.78 is 11.0. The first kappa shape index (κ1) is 16.0. The minimum atomic E-state index is -0.370. The summed E-state index contributed by atoms with van der Waals surface area (Å²) in [7, 11) is 0. The van der Waals surface area contributed by atoms with E-state index in [0.29, 0.717) is 5.58 Å². The minimum absolute atomic E-state index is 0.182. The van der Waals surface area contributed by atoms with E-state index in [1.807, 2.05) is 13.0 Å². The molecular weight excluding hydrogens is 294 g/mol. The summed E-state index contributed by atoms with van der Waals surface area (Å²) in [4.78, 5) is 13.3. The van der Waals surface area contributed by atoms with E-state index in [4.69, 9.17) is 9.15 Å². The first-order chi connectivity index (χ1) is 11.0. The average molecular weight is 318 g/mol. The van der Waals surface area contributed by atoms with E-state index >= 15 is 0 Å². The van der Waals surface area contributed by atoms with Crippen molar-refractivity contribution >= 4 is 11.0 Å². The molecule has 1 saturated heterocycles. The molecule has 0 saturated carbocycles. The Kier molecular flexibility index (Phi) is 4.41. The SMILES string of the molecule is CCc1cc2c(C[NH+]3C[C@@H](C)O[C@@H](C)C3)cc(=O)oc2cc1O. The highest BCUT2D eigenvalue weighted by atomic mass is 16.5. The van der Waals surface area contributed by atoms with E-state index in [9.17, 15) is 9.90 Å². The number of phenols is 1. The number of quaternary nitrogens is 1. The molecule has 0 aliphatic carbocycles. The maximum atomic E-state index is 11.9. The number of ether oxygens (including phenoxy) is 1. The number of hydrogen-bond donors (Lipinski definition) is 2. The molecule has 2 N–H and O–H groups in total. The number of aryl methyl sites for hydroxylation is 1. The van der Waals surface area contributed by atoms with E-state index in [2.05, 4.69) is 13.8 Å². The zero-order chi connectivity index (χ0) is 16.6. The van der Waals surface area contributed by atoms with E-state index in [1.165, 1.54) is 4.90 Å². The molecule has 3 rings (SSSR count). The van der Waals surface area contributed by atoms with Crippen molar-refractivity contribution in [2.75, 3.05) is 13.1 Å². The second-order valence-corrected chi connectivity index (χ2v) is 6.51. The Hall–Kier alpha value is -1.85. The van der Waals surface area contributed by atoms with Crippen LogP contribution in [-0.4, -0.2) is 30.4 Å². The van der Waals surface area contributed by atoms with Crippen molar-refractivity contribution < 1.29 is 19.2 Å². The van der Waals surface area contributed by atoms with Crippen LogP contribution in [0.25, 0.3) is 11.0 Å². The fourth-order valence-electron chi connectivity index (χ4n) is 3.54. The van der Waals surface area contributed by atoms with Crippen molar-refractivity contribution in [2.45, 2.75) is 45.9 Å². The number of aromatic hydroxyl groups is 1. The molecule has 23 heavy (non-hydrogen) atoms. The maximum Gasteiger partial charge on any atom is 0.336 e. The van der Waals surface area contributed by atoms with E-state index in [-0.39, 0.29) is 23.6 Å². The summed E-state index contributed by atoms with van der Waals surface area (Å²) in [6.45, 7) is 8.76. The topological polar surface area (TPSA) is 64.1 Å². The normalized spacial score (nSPS) is 24.9. The Balaban J connectivity index is 2.00. The van der Waals surface area contributed by atoms with Crippen LogP contribution in [0.2, 0.25) is 0 Å². The molecule has 0 bridgehead atoms. The second kappa shape index (κ2) is 6.34. The molecule has 0 radical (unpaired) electrons. The Morgan fingerprint density at radius 1 is 1.17 bits per heavy atom. The monoisotopic (exact) mass is 318 g/mol. The van der Waals surface area contributed by atoms with Crippen molar-refractivity contribution in [3.05, 3.63) is 39.7 Å². The predicted molar refractivity (Wildman–Crippen MR) is 87.9 cm³/mol. The highest BCUT2D eigenvalue weighted by Gasteiger charge is 2.26.